The fraction of sp³-hybridized carbons (Fsp3) is 0.385. The standard InChI is InChI=1S/C26H31N3O4/c1-32-18-13-26(31)11-16-29(17-12-26)25(30)21-7-9-22(10-8-21)27-15-19-33-23-6-2-4-20-5-3-14-28-24(20)23/h2-10,14,27,31H,11-13,15-19H2,1H3. The monoisotopic (exact) mass is 449 g/mol. The number of ether oxygens (including phenoxy) is 2. The minimum atomic E-state index is -0.731. The number of nitrogens with one attached hydrogen (secondary N) is 1. The maximum atomic E-state index is 12.8. The highest BCUT2D eigenvalue weighted by atomic mass is 16.5. The van der Waals surface area contributed by atoms with Gasteiger partial charge >= 0.3 is 0 Å². The highest BCUT2D eigenvalue weighted by Gasteiger charge is 2.33. The zero-order valence-electron chi connectivity index (χ0n) is 19.0. The van der Waals surface area contributed by atoms with Crippen LogP contribution in [0.15, 0.2) is 60.8 Å². The van der Waals surface area contributed by atoms with Crippen molar-refractivity contribution in [2.45, 2.75) is 24.9 Å². The summed E-state index contributed by atoms with van der Waals surface area (Å²) >= 11 is 0. The molecule has 3 aromatic rings. The summed E-state index contributed by atoms with van der Waals surface area (Å²) in [5.74, 6) is 0.772. The molecule has 0 atom stereocenters. The van der Waals surface area contributed by atoms with E-state index in [9.17, 15) is 9.90 Å². The molecule has 0 saturated carbocycles. The van der Waals surface area contributed by atoms with Crippen molar-refractivity contribution in [2.24, 2.45) is 0 Å². The van der Waals surface area contributed by atoms with Crippen LogP contribution in [0.3, 0.4) is 0 Å². The number of piperidine rings is 1. The van der Waals surface area contributed by atoms with E-state index in [2.05, 4.69) is 10.3 Å². The Bertz CT molecular complexity index is 1060. The first kappa shape index (κ1) is 23.0. The van der Waals surface area contributed by atoms with E-state index < -0.39 is 5.60 Å². The van der Waals surface area contributed by atoms with E-state index in [-0.39, 0.29) is 5.91 Å². The first-order chi connectivity index (χ1) is 16.1. The Morgan fingerprint density at radius 2 is 1.85 bits per heavy atom. The summed E-state index contributed by atoms with van der Waals surface area (Å²) in [6.45, 7) is 2.76. The van der Waals surface area contributed by atoms with Crippen molar-refractivity contribution in [3.05, 3.63) is 66.4 Å². The van der Waals surface area contributed by atoms with Gasteiger partial charge in [0.1, 0.15) is 17.9 Å². The number of amides is 1. The molecule has 1 aliphatic rings. The molecule has 2 N–H and O–H groups in total. The van der Waals surface area contributed by atoms with E-state index in [1.807, 2.05) is 59.5 Å². The molecule has 0 aliphatic carbocycles. The van der Waals surface area contributed by atoms with E-state index in [4.69, 9.17) is 9.47 Å². The van der Waals surface area contributed by atoms with Crippen LogP contribution in [0.4, 0.5) is 5.69 Å². The van der Waals surface area contributed by atoms with Gasteiger partial charge < -0.3 is 24.8 Å². The minimum absolute atomic E-state index is 0.00197. The number of para-hydroxylation sites is 1. The number of hydrogen-bond donors (Lipinski definition) is 2. The van der Waals surface area contributed by atoms with Crippen molar-refractivity contribution in [1.82, 2.24) is 9.88 Å². The number of methoxy groups -OCH3 is 1. The second-order valence-corrected chi connectivity index (χ2v) is 8.44. The molecular weight excluding hydrogens is 418 g/mol. The second-order valence-electron chi connectivity index (χ2n) is 8.44. The first-order valence-corrected chi connectivity index (χ1v) is 11.4. The third-order valence-corrected chi connectivity index (χ3v) is 6.17. The Labute approximate surface area is 194 Å². The molecule has 4 rings (SSSR count). The van der Waals surface area contributed by atoms with E-state index in [0.29, 0.717) is 57.7 Å². The van der Waals surface area contributed by atoms with Gasteiger partial charge in [-0.15, -0.1) is 0 Å². The molecule has 2 heterocycles. The number of carbonyl (C=O) groups excluding carboxylic acids is 1. The number of aliphatic hydroxyl groups is 1. The van der Waals surface area contributed by atoms with Crippen LogP contribution in [0.1, 0.15) is 29.6 Å². The number of rotatable bonds is 9. The van der Waals surface area contributed by atoms with E-state index in [1.165, 1.54) is 0 Å². The van der Waals surface area contributed by atoms with Gasteiger partial charge in [0.05, 0.1) is 5.60 Å². The Morgan fingerprint density at radius 1 is 1.09 bits per heavy atom. The van der Waals surface area contributed by atoms with Crippen LogP contribution < -0.4 is 10.1 Å². The first-order valence-electron chi connectivity index (χ1n) is 11.4. The summed E-state index contributed by atoms with van der Waals surface area (Å²) < 4.78 is 11.0. The van der Waals surface area contributed by atoms with Gasteiger partial charge in [0.2, 0.25) is 0 Å². The van der Waals surface area contributed by atoms with Gasteiger partial charge in [-0.1, -0.05) is 18.2 Å². The molecule has 0 unspecified atom stereocenters. The molecule has 2 aromatic carbocycles. The Balaban J connectivity index is 1.24. The molecule has 1 amide bonds. The van der Waals surface area contributed by atoms with E-state index in [0.717, 1.165) is 22.3 Å². The lowest BCUT2D eigenvalue weighted by atomic mass is 9.88. The Morgan fingerprint density at radius 3 is 2.61 bits per heavy atom. The summed E-state index contributed by atoms with van der Waals surface area (Å²) in [7, 11) is 1.64. The van der Waals surface area contributed by atoms with Crippen LogP contribution in [-0.4, -0.2) is 66.5 Å². The van der Waals surface area contributed by atoms with Crippen LogP contribution in [0.2, 0.25) is 0 Å². The third kappa shape index (κ3) is 5.80. The number of benzene rings is 2. The largest absolute Gasteiger partial charge is 0.489 e. The summed E-state index contributed by atoms with van der Waals surface area (Å²) in [5, 5.41) is 15.0. The van der Waals surface area contributed by atoms with Gasteiger partial charge in [0, 0.05) is 56.2 Å². The molecule has 7 heteroatoms. The fourth-order valence-electron chi connectivity index (χ4n) is 4.13. The lowest BCUT2D eigenvalue weighted by Crippen LogP contribution is -2.47. The molecule has 1 aromatic heterocycles. The average molecular weight is 450 g/mol. The van der Waals surface area contributed by atoms with Crippen LogP contribution >= 0.6 is 0 Å². The van der Waals surface area contributed by atoms with E-state index in [1.54, 1.807) is 13.3 Å². The quantitative estimate of drug-likeness (QED) is 0.485. The number of fused-ring (bicyclic) bond motifs is 1. The van der Waals surface area contributed by atoms with Crippen LogP contribution in [-0.2, 0) is 4.74 Å². The number of aromatic nitrogens is 1. The highest BCUT2D eigenvalue weighted by Crippen LogP contribution is 2.27. The normalized spacial score (nSPS) is 15.4. The van der Waals surface area contributed by atoms with Gasteiger partial charge in [-0.2, -0.15) is 0 Å². The second kappa shape index (κ2) is 10.6. The van der Waals surface area contributed by atoms with Crippen molar-refractivity contribution in [1.29, 1.82) is 0 Å². The molecule has 0 radical (unpaired) electrons. The topological polar surface area (TPSA) is 83.9 Å². The van der Waals surface area contributed by atoms with Crippen molar-refractivity contribution < 1.29 is 19.4 Å². The minimum Gasteiger partial charge on any atom is -0.489 e. The summed E-state index contributed by atoms with van der Waals surface area (Å²) in [4.78, 5) is 19.1. The molecular formula is C26H31N3O4. The van der Waals surface area contributed by atoms with Crippen molar-refractivity contribution >= 4 is 22.5 Å². The predicted molar refractivity (Wildman–Crippen MR) is 129 cm³/mol. The highest BCUT2D eigenvalue weighted by molar-refractivity contribution is 5.94. The van der Waals surface area contributed by atoms with Crippen LogP contribution in [0.5, 0.6) is 5.75 Å². The lowest BCUT2D eigenvalue weighted by molar-refractivity contribution is -0.0365. The maximum Gasteiger partial charge on any atom is 0.253 e. The summed E-state index contributed by atoms with van der Waals surface area (Å²) in [6.07, 6.45) is 3.52. The molecule has 0 bridgehead atoms. The molecule has 174 valence electrons. The van der Waals surface area contributed by atoms with Crippen molar-refractivity contribution in [3.63, 3.8) is 0 Å². The van der Waals surface area contributed by atoms with Gasteiger partial charge in [0.25, 0.3) is 5.91 Å². The molecule has 0 spiro atoms. The third-order valence-electron chi connectivity index (χ3n) is 6.17. The van der Waals surface area contributed by atoms with Gasteiger partial charge in [-0.3, -0.25) is 9.78 Å². The van der Waals surface area contributed by atoms with Crippen molar-refractivity contribution in [3.8, 4) is 5.75 Å². The Hall–Kier alpha value is -3.16. The zero-order valence-corrected chi connectivity index (χ0v) is 19.0. The number of nitrogens with zero attached hydrogens (tertiary/aromatic N) is 2. The van der Waals surface area contributed by atoms with Crippen molar-refractivity contribution in [2.75, 3.05) is 45.3 Å². The van der Waals surface area contributed by atoms with Crippen LogP contribution in [0.25, 0.3) is 10.9 Å². The molecule has 1 fully saturated rings. The molecule has 33 heavy (non-hydrogen) atoms. The maximum absolute atomic E-state index is 12.8. The van der Waals surface area contributed by atoms with E-state index >= 15 is 0 Å². The smallest absolute Gasteiger partial charge is 0.253 e. The number of carbonyl (C=O) groups is 1. The zero-order chi connectivity index (χ0) is 23.1. The van der Waals surface area contributed by atoms with Gasteiger partial charge in [-0.05, 0) is 55.7 Å². The van der Waals surface area contributed by atoms with Gasteiger partial charge in [-0.25, -0.2) is 0 Å². The van der Waals surface area contributed by atoms with Crippen LogP contribution in [0, 0.1) is 0 Å². The number of hydrogen-bond acceptors (Lipinski definition) is 6. The molecule has 1 saturated heterocycles. The van der Waals surface area contributed by atoms with Gasteiger partial charge in [0.15, 0.2) is 0 Å². The predicted octanol–water partition coefficient (Wildman–Crippen LogP) is 3.73. The summed E-state index contributed by atoms with van der Waals surface area (Å²) in [6, 6.07) is 17.3. The summed E-state index contributed by atoms with van der Waals surface area (Å²) in [5.41, 5.74) is 1.71. The Kier molecular flexibility index (Phi) is 7.42. The fourth-order valence-corrected chi connectivity index (χ4v) is 4.13. The molecule has 7 nitrogen and oxygen atoms in total. The number of anilines is 1. The lowest BCUT2D eigenvalue weighted by Gasteiger charge is -2.38. The SMILES string of the molecule is COCCC1(O)CCN(C(=O)c2ccc(NCCOc3cccc4cccnc34)cc2)CC1. The number of likely N-dealkylation sites (tertiary alicyclic amines) is 1. The number of pyridine rings is 1. The molecule has 1 aliphatic heterocycles. The average Bonchev–Trinajstić information content (AvgIpc) is 2.86.